The van der Waals surface area contributed by atoms with E-state index in [4.69, 9.17) is 15.2 Å². The Balaban J connectivity index is 1.45. The number of ether oxygens (including phenoxy) is 2. The van der Waals surface area contributed by atoms with Gasteiger partial charge < -0.3 is 25.0 Å². The fourth-order valence-electron chi connectivity index (χ4n) is 8.64. The monoisotopic (exact) mass is 775 g/mol. The summed E-state index contributed by atoms with van der Waals surface area (Å²) in [6, 6.07) is 3.28. The predicted molar refractivity (Wildman–Crippen MR) is 192 cm³/mol. The van der Waals surface area contributed by atoms with E-state index in [1.807, 2.05) is 17.9 Å². The molecule has 0 spiro atoms. The van der Waals surface area contributed by atoms with E-state index in [2.05, 4.69) is 9.97 Å². The van der Waals surface area contributed by atoms with Gasteiger partial charge in [0.1, 0.15) is 47.1 Å². The molecular formula is C37H39F6N7O3S. The van der Waals surface area contributed by atoms with E-state index in [-0.39, 0.29) is 75.5 Å². The first-order chi connectivity index (χ1) is 25.6. The Bertz CT molecular complexity index is 2180. The van der Waals surface area contributed by atoms with Crippen LogP contribution in [0.15, 0.2) is 18.2 Å². The lowest BCUT2D eigenvalue weighted by Gasteiger charge is -2.35. The van der Waals surface area contributed by atoms with Gasteiger partial charge >= 0.3 is 12.2 Å². The van der Waals surface area contributed by atoms with Gasteiger partial charge in [0, 0.05) is 55.5 Å². The normalized spacial score (nSPS) is 23.6. The number of nitrogen functional groups attached to an aromatic ring is 1. The lowest BCUT2D eigenvalue weighted by Crippen LogP contribution is -2.48. The highest BCUT2D eigenvalue weighted by molar-refractivity contribution is 7.23. The molecule has 2 N–H and O–H groups in total. The number of alkyl halides is 4. The fraction of sp³-hybridized carbons (Fsp3) is 0.514. The summed E-state index contributed by atoms with van der Waals surface area (Å²) in [6.07, 6.45) is -4.82. The Kier molecular flexibility index (Phi) is 9.84. The van der Waals surface area contributed by atoms with E-state index >= 15 is 22.0 Å². The van der Waals surface area contributed by atoms with Crippen molar-refractivity contribution in [2.24, 2.45) is 0 Å². The minimum atomic E-state index is -5.14. The average molecular weight is 776 g/mol. The first-order valence-corrected chi connectivity index (χ1v) is 18.6. The largest absolute Gasteiger partial charge is 0.461 e. The molecule has 3 saturated heterocycles. The van der Waals surface area contributed by atoms with E-state index in [1.54, 1.807) is 23.6 Å². The molecule has 5 atom stereocenters. The van der Waals surface area contributed by atoms with Crippen molar-refractivity contribution in [1.82, 2.24) is 19.8 Å². The molecule has 0 aliphatic carbocycles. The molecule has 288 valence electrons. The molecular weight excluding hydrogens is 737 g/mol. The van der Waals surface area contributed by atoms with Gasteiger partial charge in [-0.15, -0.1) is 11.3 Å². The number of fused-ring (bicyclic) bond motifs is 3. The SMILES string of the molecule is CCN(c1nc(OCC23CCCN2CC(F)C3)nc2c(F)c(-c3ccc(F)c4sc(N)c(C#N)c34)c(C(F)(F)F)cc12)C1CCN(C(=O)C(C)OC)C1C. The number of hydrogen-bond donors (Lipinski definition) is 1. The van der Waals surface area contributed by atoms with Crippen molar-refractivity contribution in [2.45, 2.75) is 82.5 Å². The maximum Gasteiger partial charge on any atom is 0.417 e. The van der Waals surface area contributed by atoms with Gasteiger partial charge in [-0.25, -0.2) is 13.2 Å². The van der Waals surface area contributed by atoms with Gasteiger partial charge in [0.2, 0.25) is 0 Å². The van der Waals surface area contributed by atoms with Crippen molar-refractivity contribution in [3.8, 4) is 23.2 Å². The third-order valence-corrected chi connectivity index (χ3v) is 12.4. The number of benzene rings is 2. The number of likely N-dealkylation sites (N-methyl/N-ethyl adjacent to an activating group) is 1. The highest BCUT2D eigenvalue weighted by Crippen LogP contribution is 2.48. The number of methoxy groups -OCH3 is 1. The molecule has 54 heavy (non-hydrogen) atoms. The maximum absolute atomic E-state index is 17.3. The summed E-state index contributed by atoms with van der Waals surface area (Å²) in [5.41, 5.74) is 1.85. The van der Waals surface area contributed by atoms with E-state index in [0.29, 0.717) is 37.3 Å². The van der Waals surface area contributed by atoms with E-state index in [0.717, 1.165) is 24.6 Å². The van der Waals surface area contributed by atoms with Crippen LogP contribution in [0, 0.1) is 23.0 Å². The molecule has 0 bridgehead atoms. The zero-order valence-electron chi connectivity index (χ0n) is 30.1. The molecule has 2 aromatic heterocycles. The number of nitrogens with zero attached hydrogens (tertiary/aromatic N) is 6. The number of carbonyl (C=O) groups is 1. The molecule has 4 aromatic rings. The van der Waals surface area contributed by atoms with Crippen molar-refractivity contribution in [3.05, 3.63) is 41.0 Å². The number of carbonyl (C=O) groups excluding carboxylic acids is 1. The number of nitriles is 1. The number of rotatable bonds is 9. The van der Waals surface area contributed by atoms with Gasteiger partial charge in [-0.1, -0.05) is 6.07 Å². The number of hydrogen-bond acceptors (Lipinski definition) is 10. The topological polar surface area (TPSA) is 121 Å². The van der Waals surface area contributed by atoms with Crippen LogP contribution in [0.3, 0.4) is 0 Å². The summed E-state index contributed by atoms with van der Waals surface area (Å²) in [6.45, 7) is 6.64. The van der Waals surface area contributed by atoms with Crippen LogP contribution in [0.25, 0.3) is 32.1 Å². The van der Waals surface area contributed by atoms with Crippen LogP contribution < -0.4 is 15.4 Å². The summed E-state index contributed by atoms with van der Waals surface area (Å²) in [7, 11) is 1.42. The van der Waals surface area contributed by atoms with E-state index in [1.165, 1.54) is 7.11 Å². The molecule has 17 heteroatoms. The van der Waals surface area contributed by atoms with Gasteiger partial charge in [-0.05, 0) is 64.3 Å². The molecule has 0 saturated carbocycles. The number of thiophene rings is 1. The number of anilines is 2. The third-order valence-electron chi connectivity index (χ3n) is 11.3. The summed E-state index contributed by atoms with van der Waals surface area (Å²) in [5, 5.41) is 9.24. The number of nitrogens with two attached hydrogens (primary N) is 1. The van der Waals surface area contributed by atoms with Crippen LogP contribution in [-0.2, 0) is 15.7 Å². The maximum atomic E-state index is 17.3. The smallest absolute Gasteiger partial charge is 0.417 e. The van der Waals surface area contributed by atoms with E-state index in [9.17, 15) is 14.4 Å². The van der Waals surface area contributed by atoms with Crippen molar-refractivity contribution in [1.29, 1.82) is 5.26 Å². The second-order valence-corrected chi connectivity index (χ2v) is 15.3. The fourth-order valence-corrected chi connectivity index (χ4v) is 9.59. The molecule has 5 unspecified atom stereocenters. The second kappa shape index (κ2) is 14.0. The Morgan fingerprint density at radius 1 is 1.26 bits per heavy atom. The van der Waals surface area contributed by atoms with Gasteiger partial charge in [0.15, 0.2) is 5.82 Å². The molecule has 1 amide bonds. The Hall–Kier alpha value is -4.40. The molecule has 5 heterocycles. The van der Waals surface area contributed by atoms with E-state index < -0.39 is 64.4 Å². The van der Waals surface area contributed by atoms with Gasteiger partial charge in [-0.2, -0.15) is 28.4 Å². The first-order valence-electron chi connectivity index (χ1n) is 17.8. The minimum absolute atomic E-state index is 0.0328. The van der Waals surface area contributed by atoms with Gasteiger partial charge in [-0.3, -0.25) is 9.69 Å². The number of aromatic nitrogens is 2. The number of amides is 1. The van der Waals surface area contributed by atoms with Crippen molar-refractivity contribution < 1.29 is 40.6 Å². The number of halogens is 6. The predicted octanol–water partition coefficient (Wildman–Crippen LogP) is 7.07. The zero-order valence-corrected chi connectivity index (χ0v) is 30.9. The molecule has 3 fully saturated rings. The third kappa shape index (κ3) is 6.15. The van der Waals surface area contributed by atoms with Crippen molar-refractivity contribution in [3.63, 3.8) is 0 Å². The molecule has 2 aromatic carbocycles. The van der Waals surface area contributed by atoms with Crippen LogP contribution in [0.1, 0.15) is 57.6 Å². The van der Waals surface area contributed by atoms with Crippen LogP contribution in [0.5, 0.6) is 6.01 Å². The average Bonchev–Trinajstić information content (AvgIpc) is 3.88. The second-order valence-electron chi connectivity index (χ2n) is 14.2. The summed E-state index contributed by atoms with van der Waals surface area (Å²) >= 11 is 0.676. The highest BCUT2D eigenvalue weighted by atomic mass is 32.1. The summed E-state index contributed by atoms with van der Waals surface area (Å²) in [5.74, 6) is -2.52. The standard InChI is InChI=1S/C37H39F6N7O3S/c1-5-49(26-9-12-50(18(26)2)34(51)19(3)52-4)33-22-13-24(37(41,42)43)28(21-7-8-25(39)31-27(21)23(15-44)32(45)54-31)29(40)30(22)46-35(47-33)53-17-36-10-6-11-48(36)16-20(38)14-36/h7-8,13,18-20,26H,5-6,9-12,14,16-17,45H2,1-4H3. The van der Waals surface area contributed by atoms with Crippen LogP contribution in [0.4, 0.5) is 37.2 Å². The van der Waals surface area contributed by atoms with Crippen LogP contribution in [-0.4, -0.2) is 95.5 Å². The van der Waals surface area contributed by atoms with Crippen LogP contribution >= 0.6 is 11.3 Å². The molecule has 3 aliphatic heterocycles. The Morgan fingerprint density at radius 2 is 2.02 bits per heavy atom. The van der Waals surface area contributed by atoms with Gasteiger partial charge in [0.25, 0.3) is 5.91 Å². The summed E-state index contributed by atoms with van der Waals surface area (Å²) in [4.78, 5) is 27.6. The lowest BCUT2D eigenvalue weighted by atomic mass is 9.92. The lowest BCUT2D eigenvalue weighted by molar-refractivity contribution is -0.141. The number of likely N-dealkylation sites (tertiary alicyclic amines) is 1. The molecule has 7 rings (SSSR count). The quantitative estimate of drug-likeness (QED) is 0.178. The van der Waals surface area contributed by atoms with Crippen molar-refractivity contribution in [2.75, 3.05) is 50.5 Å². The first kappa shape index (κ1) is 37.9. The van der Waals surface area contributed by atoms with Crippen LogP contribution in [0.2, 0.25) is 0 Å². The van der Waals surface area contributed by atoms with Gasteiger partial charge in [0.05, 0.1) is 27.4 Å². The minimum Gasteiger partial charge on any atom is -0.461 e. The Morgan fingerprint density at radius 3 is 2.70 bits per heavy atom. The molecule has 0 radical (unpaired) electrons. The molecule has 10 nitrogen and oxygen atoms in total. The Labute approximate surface area is 311 Å². The summed E-state index contributed by atoms with van der Waals surface area (Å²) < 4.78 is 104. The highest BCUT2D eigenvalue weighted by Gasteiger charge is 2.50. The van der Waals surface area contributed by atoms with Crippen molar-refractivity contribution >= 4 is 49.1 Å². The molecule has 3 aliphatic rings. The zero-order chi connectivity index (χ0) is 38.9.